The molecule has 2 rings (SSSR count). The number of ether oxygens (including phenoxy) is 2. The number of carbonyl (C=O) groups excluding carboxylic acids is 1. The van der Waals surface area contributed by atoms with Gasteiger partial charge >= 0.3 is 5.97 Å². The first-order chi connectivity index (χ1) is 9.70. The Balaban J connectivity index is 2.20. The van der Waals surface area contributed by atoms with Gasteiger partial charge < -0.3 is 14.8 Å². The molecule has 1 atom stereocenters. The van der Waals surface area contributed by atoms with E-state index in [1.54, 1.807) is 7.11 Å². The Morgan fingerprint density at radius 1 is 1.45 bits per heavy atom. The Morgan fingerprint density at radius 3 is 2.95 bits per heavy atom. The minimum absolute atomic E-state index is 0.0879. The summed E-state index contributed by atoms with van der Waals surface area (Å²) in [5.41, 5.74) is 0.668. The molecule has 0 unspecified atom stereocenters. The lowest BCUT2D eigenvalue weighted by molar-refractivity contribution is -0.156. The number of esters is 1. The number of carbonyl (C=O) groups is 1. The van der Waals surface area contributed by atoms with E-state index in [1.165, 1.54) is 0 Å². The first kappa shape index (κ1) is 14.9. The van der Waals surface area contributed by atoms with Crippen molar-refractivity contribution in [1.82, 2.24) is 5.32 Å². The molecule has 0 spiro atoms. The van der Waals surface area contributed by atoms with E-state index in [-0.39, 0.29) is 5.97 Å². The van der Waals surface area contributed by atoms with Crippen LogP contribution in [0.25, 0.3) is 0 Å². The largest absolute Gasteiger partial charge is 0.497 e. The van der Waals surface area contributed by atoms with Gasteiger partial charge in [0.15, 0.2) is 0 Å². The molecular weight excluding hydrogens is 254 g/mol. The molecule has 20 heavy (non-hydrogen) atoms. The fraction of sp³-hybridized carbons (Fsp3) is 0.562. The number of hydrogen-bond donors (Lipinski definition) is 1. The molecule has 0 amide bonds. The summed E-state index contributed by atoms with van der Waals surface area (Å²) >= 11 is 0. The Hall–Kier alpha value is -1.55. The molecule has 0 radical (unpaired) electrons. The summed E-state index contributed by atoms with van der Waals surface area (Å²) < 4.78 is 10.6. The van der Waals surface area contributed by atoms with Crippen molar-refractivity contribution >= 4 is 5.97 Å². The van der Waals surface area contributed by atoms with Crippen LogP contribution in [0, 0.1) is 5.41 Å². The molecular formula is C16H23NO3. The second-order valence-electron chi connectivity index (χ2n) is 5.31. The van der Waals surface area contributed by atoms with Crippen LogP contribution in [-0.4, -0.2) is 32.8 Å². The van der Waals surface area contributed by atoms with Crippen LogP contribution in [0.4, 0.5) is 0 Å². The highest BCUT2D eigenvalue weighted by Gasteiger charge is 2.41. The zero-order chi connectivity index (χ0) is 14.4. The quantitative estimate of drug-likeness (QED) is 0.838. The van der Waals surface area contributed by atoms with Gasteiger partial charge in [-0.1, -0.05) is 12.1 Å². The molecule has 4 nitrogen and oxygen atoms in total. The fourth-order valence-electron chi connectivity index (χ4n) is 2.82. The number of hydrogen-bond acceptors (Lipinski definition) is 4. The third-order valence-corrected chi connectivity index (χ3v) is 3.86. The SMILES string of the molecule is CCOC(=O)[C@@]1(Cc2cccc(OC)c2)CCCNC1. The molecule has 1 aromatic carbocycles. The van der Waals surface area contributed by atoms with E-state index >= 15 is 0 Å². The van der Waals surface area contributed by atoms with E-state index in [1.807, 2.05) is 31.2 Å². The van der Waals surface area contributed by atoms with Crippen molar-refractivity contribution in [1.29, 1.82) is 0 Å². The van der Waals surface area contributed by atoms with Crippen LogP contribution < -0.4 is 10.1 Å². The molecule has 110 valence electrons. The minimum atomic E-state index is -0.444. The number of methoxy groups -OCH3 is 1. The summed E-state index contributed by atoms with van der Waals surface area (Å²) in [6.45, 7) is 3.94. The highest BCUT2D eigenvalue weighted by molar-refractivity contribution is 5.77. The van der Waals surface area contributed by atoms with Gasteiger partial charge in [0.25, 0.3) is 0 Å². The van der Waals surface area contributed by atoms with Crippen LogP contribution in [0.3, 0.4) is 0 Å². The average Bonchev–Trinajstić information content (AvgIpc) is 2.48. The first-order valence-electron chi connectivity index (χ1n) is 7.21. The normalized spacial score (nSPS) is 22.3. The Kier molecular flexibility index (Phi) is 5.01. The summed E-state index contributed by atoms with van der Waals surface area (Å²) in [6.07, 6.45) is 2.56. The van der Waals surface area contributed by atoms with E-state index in [0.717, 1.165) is 30.7 Å². The van der Waals surface area contributed by atoms with Gasteiger partial charge in [0.1, 0.15) is 5.75 Å². The van der Waals surface area contributed by atoms with E-state index in [9.17, 15) is 4.79 Å². The molecule has 0 bridgehead atoms. The maximum atomic E-state index is 12.4. The molecule has 1 fully saturated rings. The minimum Gasteiger partial charge on any atom is -0.497 e. The molecule has 4 heteroatoms. The van der Waals surface area contributed by atoms with Crippen LogP contribution in [0.2, 0.25) is 0 Å². The third-order valence-electron chi connectivity index (χ3n) is 3.86. The molecule has 1 aromatic rings. The second kappa shape index (κ2) is 6.75. The monoisotopic (exact) mass is 277 g/mol. The van der Waals surface area contributed by atoms with Crippen molar-refractivity contribution in [3.05, 3.63) is 29.8 Å². The third kappa shape index (κ3) is 3.31. The summed E-state index contributed by atoms with van der Waals surface area (Å²) in [6, 6.07) is 7.91. The molecule has 0 aromatic heterocycles. The van der Waals surface area contributed by atoms with Gasteiger partial charge in [-0.2, -0.15) is 0 Å². The van der Waals surface area contributed by atoms with Crippen LogP contribution in [0.15, 0.2) is 24.3 Å². The molecule has 0 aliphatic carbocycles. The van der Waals surface area contributed by atoms with Gasteiger partial charge in [0.05, 0.1) is 19.1 Å². The zero-order valence-electron chi connectivity index (χ0n) is 12.3. The first-order valence-corrected chi connectivity index (χ1v) is 7.21. The van der Waals surface area contributed by atoms with Crippen molar-refractivity contribution < 1.29 is 14.3 Å². The van der Waals surface area contributed by atoms with Gasteiger partial charge in [0, 0.05) is 6.54 Å². The Bertz CT molecular complexity index is 453. The number of rotatable bonds is 5. The standard InChI is InChI=1S/C16H23NO3/c1-3-20-15(18)16(8-5-9-17-12-16)11-13-6-4-7-14(10-13)19-2/h4,6-7,10,17H,3,5,8-9,11-12H2,1-2H3/t16-/m1/s1. The predicted molar refractivity (Wildman–Crippen MR) is 77.9 cm³/mol. The summed E-state index contributed by atoms with van der Waals surface area (Å²) in [7, 11) is 1.66. The van der Waals surface area contributed by atoms with Gasteiger partial charge in [-0.05, 0) is 50.4 Å². The molecule has 1 saturated heterocycles. The van der Waals surface area contributed by atoms with Crippen LogP contribution in [0.1, 0.15) is 25.3 Å². The Morgan fingerprint density at radius 2 is 2.30 bits per heavy atom. The summed E-state index contributed by atoms with van der Waals surface area (Å²) in [4.78, 5) is 12.4. The van der Waals surface area contributed by atoms with E-state index in [4.69, 9.17) is 9.47 Å². The molecule has 1 aliphatic heterocycles. The lowest BCUT2D eigenvalue weighted by atomic mass is 9.75. The number of nitrogens with one attached hydrogen (secondary N) is 1. The fourth-order valence-corrected chi connectivity index (χ4v) is 2.82. The van der Waals surface area contributed by atoms with Crippen LogP contribution in [-0.2, 0) is 16.0 Å². The van der Waals surface area contributed by atoms with Crippen LogP contribution in [0.5, 0.6) is 5.75 Å². The highest BCUT2D eigenvalue weighted by Crippen LogP contribution is 2.33. The van der Waals surface area contributed by atoms with Gasteiger partial charge in [0.2, 0.25) is 0 Å². The molecule has 1 heterocycles. The Labute approximate surface area is 120 Å². The van der Waals surface area contributed by atoms with Crippen molar-refractivity contribution in [2.75, 3.05) is 26.8 Å². The van der Waals surface area contributed by atoms with Crippen molar-refractivity contribution in [3.8, 4) is 5.75 Å². The van der Waals surface area contributed by atoms with Gasteiger partial charge in [-0.15, -0.1) is 0 Å². The summed E-state index contributed by atoms with van der Waals surface area (Å²) in [5.74, 6) is 0.736. The van der Waals surface area contributed by atoms with E-state index in [0.29, 0.717) is 19.6 Å². The molecule has 1 aliphatic rings. The zero-order valence-corrected chi connectivity index (χ0v) is 12.3. The maximum Gasteiger partial charge on any atom is 0.313 e. The number of piperidine rings is 1. The lowest BCUT2D eigenvalue weighted by Gasteiger charge is -2.35. The van der Waals surface area contributed by atoms with E-state index < -0.39 is 5.41 Å². The van der Waals surface area contributed by atoms with Gasteiger partial charge in [-0.25, -0.2) is 0 Å². The van der Waals surface area contributed by atoms with E-state index in [2.05, 4.69) is 5.32 Å². The number of benzene rings is 1. The van der Waals surface area contributed by atoms with Crippen molar-refractivity contribution in [2.24, 2.45) is 5.41 Å². The molecule has 1 N–H and O–H groups in total. The predicted octanol–water partition coefficient (Wildman–Crippen LogP) is 2.17. The highest BCUT2D eigenvalue weighted by atomic mass is 16.5. The molecule has 0 saturated carbocycles. The summed E-state index contributed by atoms with van der Waals surface area (Å²) in [5, 5.41) is 3.33. The topological polar surface area (TPSA) is 47.6 Å². The van der Waals surface area contributed by atoms with Gasteiger partial charge in [-0.3, -0.25) is 4.79 Å². The lowest BCUT2D eigenvalue weighted by Crippen LogP contribution is -2.47. The van der Waals surface area contributed by atoms with Crippen molar-refractivity contribution in [3.63, 3.8) is 0 Å². The van der Waals surface area contributed by atoms with Crippen molar-refractivity contribution in [2.45, 2.75) is 26.2 Å². The average molecular weight is 277 g/mol. The maximum absolute atomic E-state index is 12.4. The second-order valence-corrected chi connectivity index (χ2v) is 5.31. The smallest absolute Gasteiger partial charge is 0.313 e. The van der Waals surface area contributed by atoms with Crippen LogP contribution >= 0.6 is 0 Å².